The second-order valence-corrected chi connectivity index (χ2v) is 7.35. The van der Waals surface area contributed by atoms with Gasteiger partial charge in [-0.1, -0.05) is 18.2 Å². The number of hydrogen-bond acceptors (Lipinski definition) is 3. The molecular weight excluding hydrogens is 310 g/mol. The number of nitrogens with zero attached hydrogens (tertiary/aromatic N) is 3. The maximum Gasteiger partial charge on any atom is 0.181 e. The fourth-order valence-electron chi connectivity index (χ4n) is 3.02. The average Bonchev–Trinajstić information content (AvgIpc) is 3.21. The molecule has 3 aromatic rings. The van der Waals surface area contributed by atoms with Gasteiger partial charge in [0.05, 0.1) is 17.7 Å². The van der Waals surface area contributed by atoms with Crippen LogP contribution in [0.1, 0.15) is 17.7 Å². The largest absolute Gasteiger partial charge is 0.320 e. The van der Waals surface area contributed by atoms with Gasteiger partial charge in [-0.25, -0.2) is 0 Å². The summed E-state index contributed by atoms with van der Waals surface area (Å²) in [5, 5.41) is 2.16. The summed E-state index contributed by atoms with van der Waals surface area (Å²) < 4.78 is 5.29. The molecule has 1 aliphatic rings. The van der Waals surface area contributed by atoms with Crippen LogP contribution in [0.25, 0.3) is 11.0 Å². The Morgan fingerprint density at radius 3 is 2.64 bits per heavy atom. The molecule has 1 fully saturated rings. The molecule has 1 aliphatic carbocycles. The number of hydrogen-bond donors (Lipinski definition) is 0. The number of benzene rings is 1. The molecule has 1 aromatic carbocycles. The lowest BCUT2D eigenvalue weighted by Gasteiger charge is -2.22. The van der Waals surface area contributed by atoms with Crippen LogP contribution in [0.3, 0.4) is 0 Å². The van der Waals surface area contributed by atoms with E-state index in [0.717, 1.165) is 18.0 Å². The van der Waals surface area contributed by atoms with Crippen molar-refractivity contribution < 1.29 is 0 Å². The van der Waals surface area contributed by atoms with Crippen molar-refractivity contribution in [3.63, 3.8) is 0 Å². The van der Waals surface area contributed by atoms with Crippen LogP contribution in [0.2, 0.25) is 0 Å². The summed E-state index contributed by atoms with van der Waals surface area (Å²) in [6.07, 6.45) is 2.62. The van der Waals surface area contributed by atoms with Gasteiger partial charge in [0.15, 0.2) is 4.77 Å². The van der Waals surface area contributed by atoms with E-state index in [4.69, 9.17) is 12.2 Å². The van der Waals surface area contributed by atoms with Crippen molar-refractivity contribution in [1.82, 2.24) is 14.0 Å². The number of para-hydroxylation sites is 2. The quantitative estimate of drug-likeness (QED) is 0.644. The van der Waals surface area contributed by atoms with E-state index in [2.05, 4.69) is 62.9 Å². The molecule has 2 aromatic heterocycles. The van der Waals surface area contributed by atoms with E-state index in [1.807, 2.05) is 11.3 Å². The van der Waals surface area contributed by atoms with Gasteiger partial charge in [-0.2, -0.15) is 0 Å². The standard InChI is InChI=1S/C17H19N3S2/c1-18-15-6-2-3-7-16(15)20(17(18)21)12-19(13-8-9-13)11-14-5-4-10-22-14/h2-7,10,13H,8-9,11-12H2,1H3. The summed E-state index contributed by atoms with van der Waals surface area (Å²) in [5.74, 6) is 0. The molecule has 0 atom stereocenters. The highest BCUT2D eigenvalue weighted by molar-refractivity contribution is 7.71. The highest BCUT2D eigenvalue weighted by Crippen LogP contribution is 2.30. The Kier molecular flexibility index (Phi) is 3.64. The molecule has 3 nitrogen and oxygen atoms in total. The maximum absolute atomic E-state index is 5.67. The van der Waals surface area contributed by atoms with Crippen LogP contribution in [0, 0.1) is 4.77 Å². The van der Waals surface area contributed by atoms with E-state index in [1.165, 1.54) is 28.8 Å². The Labute approximate surface area is 139 Å². The number of aromatic nitrogens is 2. The van der Waals surface area contributed by atoms with Crippen molar-refractivity contribution in [3.8, 4) is 0 Å². The fraction of sp³-hybridized carbons (Fsp3) is 0.353. The second kappa shape index (κ2) is 5.65. The van der Waals surface area contributed by atoms with Crippen LogP contribution in [0.15, 0.2) is 41.8 Å². The predicted molar refractivity (Wildman–Crippen MR) is 94.6 cm³/mol. The van der Waals surface area contributed by atoms with Gasteiger partial charge in [-0.05, 0) is 48.6 Å². The molecule has 114 valence electrons. The molecule has 0 N–H and O–H groups in total. The van der Waals surface area contributed by atoms with Crippen molar-refractivity contribution in [3.05, 3.63) is 51.4 Å². The first-order chi connectivity index (χ1) is 10.7. The summed E-state index contributed by atoms with van der Waals surface area (Å²) in [6.45, 7) is 1.90. The van der Waals surface area contributed by atoms with Gasteiger partial charge in [0.25, 0.3) is 0 Å². The van der Waals surface area contributed by atoms with Gasteiger partial charge < -0.3 is 9.13 Å². The molecule has 0 radical (unpaired) electrons. The Morgan fingerprint density at radius 1 is 1.18 bits per heavy atom. The number of imidazole rings is 1. The van der Waals surface area contributed by atoms with E-state index in [0.29, 0.717) is 6.04 Å². The van der Waals surface area contributed by atoms with E-state index < -0.39 is 0 Å². The maximum atomic E-state index is 5.67. The molecule has 5 heteroatoms. The molecule has 22 heavy (non-hydrogen) atoms. The van der Waals surface area contributed by atoms with E-state index in [-0.39, 0.29) is 0 Å². The van der Waals surface area contributed by atoms with Crippen LogP contribution in [0.4, 0.5) is 0 Å². The lowest BCUT2D eigenvalue weighted by molar-refractivity contribution is 0.202. The molecular formula is C17H19N3S2. The highest BCUT2D eigenvalue weighted by atomic mass is 32.1. The number of aryl methyl sites for hydroxylation is 1. The van der Waals surface area contributed by atoms with Gasteiger partial charge in [-0.3, -0.25) is 4.90 Å². The zero-order valence-corrected chi connectivity index (χ0v) is 14.2. The monoisotopic (exact) mass is 329 g/mol. The molecule has 0 spiro atoms. The Hall–Kier alpha value is -1.43. The molecule has 0 unspecified atom stereocenters. The van der Waals surface area contributed by atoms with Crippen LogP contribution in [-0.4, -0.2) is 20.1 Å². The zero-order chi connectivity index (χ0) is 15.1. The van der Waals surface area contributed by atoms with Gasteiger partial charge in [0.2, 0.25) is 0 Å². The fourth-order valence-corrected chi connectivity index (χ4v) is 4.00. The molecule has 0 saturated heterocycles. The predicted octanol–water partition coefficient (Wildman–Crippen LogP) is 4.39. The molecule has 0 aliphatic heterocycles. The van der Waals surface area contributed by atoms with Crippen LogP contribution >= 0.6 is 23.6 Å². The van der Waals surface area contributed by atoms with Crippen molar-refractivity contribution in [2.24, 2.45) is 7.05 Å². The van der Waals surface area contributed by atoms with Crippen molar-refractivity contribution in [2.75, 3.05) is 0 Å². The highest BCUT2D eigenvalue weighted by Gasteiger charge is 2.29. The smallest absolute Gasteiger partial charge is 0.181 e. The number of rotatable bonds is 5. The minimum absolute atomic E-state index is 0.711. The zero-order valence-electron chi connectivity index (χ0n) is 12.6. The third kappa shape index (κ3) is 2.53. The number of thiophene rings is 1. The van der Waals surface area contributed by atoms with Gasteiger partial charge in [0.1, 0.15) is 0 Å². The average molecular weight is 329 g/mol. The normalized spacial score (nSPS) is 15.0. The summed E-state index contributed by atoms with van der Waals surface area (Å²) in [6, 6.07) is 13.5. The van der Waals surface area contributed by atoms with Crippen LogP contribution < -0.4 is 0 Å². The molecule has 4 rings (SSSR count). The van der Waals surface area contributed by atoms with E-state index in [9.17, 15) is 0 Å². The second-order valence-electron chi connectivity index (χ2n) is 5.96. The van der Waals surface area contributed by atoms with Crippen molar-refractivity contribution in [1.29, 1.82) is 0 Å². The Balaban J connectivity index is 1.69. The molecule has 0 amide bonds. The lowest BCUT2D eigenvalue weighted by atomic mass is 10.3. The summed E-state index contributed by atoms with van der Waals surface area (Å²) in [4.78, 5) is 3.99. The van der Waals surface area contributed by atoms with Gasteiger partial charge >= 0.3 is 0 Å². The summed E-state index contributed by atoms with van der Waals surface area (Å²) >= 11 is 7.51. The Morgan fingerprint density at radius 2 is 1.95 bits per heavy atom. The van der Waals surface area contributed by atoms with Gasteiger partial charge in [0, 0.05) is 24.5 Å². The first-order valence-electron chi connectivity index (χ1n) is 7.65. The molecule has 2 heterocycles. The summed E-state index contributed by atoms with van der Waals surface area (Å²) in [7, 11) is 2.06. The molecule has 0 bridgehead atoms. The van der Waals surface area contributed by atoms with Crippen molar-refractivity contribution in [2.45, 2.75) is 32.1 Å². The van der Waals surface area contributed by atoms with Crippen molar-refractivity contribution >= 4 is 34.6 Å². The Bertz CT molecular complexity index is 841. The lowest BCUT2D eigenvalue weighted by Crippen LogP contribution is -2.28. The molecule has 1 saturated carbocycles. The first kappa shape index (κ1) is 14.2. The third-order valence-electron chi connectivity index (χ3n) is 4.38. The minimum atomic E-state index is 0.711. The first-order valence-corrected chi connectivity index (χ1v) is 8.93. The minimum Gasteiger partial charge on any atom is -0.320 e. The van der Waals surface area contributed by atoms with E-state index >= 15 is 0 Å². The van der Waals surface area contributed by atoms with Gasteiger partial charge in [-0.15, -0.1) is 11.3 Å². The SMILES string of the molecule is Cn1c(=S)n(CN(Cc2cccs2)C2CC2)c2ccccc21. The van der Waals surface area contributed by atoms with E-state index in [1.54, 1.807) is 0 Å². The summed E-state index contributed by atoms with van der Waals surface area (Å²) in [5.41, 5.74) is 2.44. The van der Waals surface area contributed by atoms with Crippen LogP contribution in [0.5, 0.6) is 0 Å². The third-order valence-corrected chi connectivity index (χ3v) is 5.73. The topological polar surface area (TPSA) is 13.1 Å². The van der Waals surface area contributed by atoms with Crippen LogP contribution in [-0.2, 0) is 20.3 Å². The number of fused-ring (bicyclic) bond motifs is 1.